The van der Waals surface area contributed by atoms with Crippen molar-refractivity contribution in [1.82, 2.24) is 9.80 Å². The van der Waals surface area contributed by atoms with Gasteiger partial charge in [-0.1, -0.05) is 31.0 Å². The molecular formula is C23H33N3O2. The molecule has 4 rings (SSSR count). The molecule has 1 aromatic rings. The second-order valence-corrected chi connectivity index (χ2v) is 8.70. The second-order valence-electron chi connectivity index (χ2n) is 8.70. The molecule has 2 unspecified atom stereocenters. The van der Waals surface area contributed by atoms with E-state index in [0.717, 1.165) is 71.0 Å². The summed E-state index contributed by atoms with van der Waals surface area (Å²) in [6, 6.07) is 10.4. The Bertz CT molecular complexity index is 686. The van der Waals surface area contributed by atoms with Crippen LogP contribution in [-0.2, 0) is 9.59 Å². The maximum Gasteiger partial charge on any atom is 0.245 e. The molecule has 5 nitrogen and oxygen atoms in total. The molecule has 28 heavy (non-hydrogen) atoms. The van der Waals surface area contributed by atoms with Crippen molar-refractivity contribution in [2.75, 3.05) is 31.6 Å². The number of nitrogens with zero attached hydrogens (tertiary/aromatic N) is 3. The van der Waals surface area contributed by atoms with Crippen molar-refractivity contribution in [1.29, 1.82) is 0 Å². The highest BCUT2D eigenvalue weighted by atomic mass is 16.2. The van der Waals surface area contributed by atoms with Gasteiger partial charge in [0.2, 0.25) is 11.8 Å². The Morgan fingerprint density at radius 3 is 2.39 bits per heavy atom. The van der Waals surface area contributed by atoms with Crippen molar-refractivity contribution in [3.8, 4) is 0 Å². The highest BCUT2D eigenvalue weighted by Crippen LogP contribution is 2.31. The molecule has 2 heterocycles. The minimum absolute atomic E-state index is 0.142. The molecule has 1 saturated carbocycles. The molecule has 1 aliphatic carbocycles. The maximum atomic E-state index is 13.3. The normalized spacial score (nSPS) is 25.9. The number of likely N-dealkylation sites (N-methyl/N-ethyl adjacent to an activating group) is 1. The first-order valence-corrected chi connectivity index (χ1v) is 11.0. The summed E-state index contributed by atoms with van der Waals surface area (Å²) in [5.41, 5.74) is 1.23. The lowest BCUT2D eigenvalue weighted by Gasteiger charge is -2.40. The Hall–Kier alpha value is -2.04. The van der Waals surface area contributed by atoms with E-state index < -0.39 is 0 Å². The van der Waals surface area contributed by atoms with Crippen LogP contribution in [0.1, 0.15) is 51.4 Å². The number of benzene rings is 1. The van der Waals surface area contributed by atoms with Gasteiger partial charge in [-0.05, 0) is 50.7 Å². The van der Waals surface area contributed by atoms with Crippen LogP contribution >= 0.6 is 0 Å². The van der Waals surface area contributed by atoms with Crippen molar-refractivity contribution in [2.24, 2.45) is 5.92 Å². The highest BCUT2D eigenvalue weighted by Gasteiger charge is 2.40. The minimum Gasteiger partial charge on any atom is -0.369 e. The largest absolute Gasteiger partial charge is 0.369 e. The zero-order chi connectivity index (χ0) is 19.5. The third kappa shape index (κ3) is 3.89. The predicted octanol–water partition coefficient (Wildman–Crippen LogP) is 3.30. The fourth-order valence-corrected chi connectivity index (χ4v) is 5.25. The first kappa shape index (κ1) is 19.3. The first-order chi connectivity index (χ1) is 13.6. The zero-order valence-corrected chi connectivity index (χ0v) is 17.1. The van der Waals surface area contributed by atoms with Crippen molar-refractivity contribution in [3.05, 3.63) is 30.3 Å². The summed E-state index contributed by atoms with van der Waals surface area (Å²) in [5, 5.41) is 0. The van der Waals surface area contributed by atoms with E-state index in [2.05, 4.69) is 29.2 Å². The van der Waals surface area contributed by atoms with Gasteiger partial charge in [0.05, 0.1) is 0 Å². The fourth-order valence-electron chi connectivity index (χ4n) is 5.25. The molecule has 0 spiro atoms. The number of carbonyl (C=O) groups excluding carboxylic acids is 2. The summed E-state index contributed by atoms with van der Waals surface area (Å²) >= 11 is 0. The quantitative estimate of drug-likeness (QED) is 0.801. The van der Waals surface area contributed by atoms with Gasteiger partial charge in [0.1, 0.15) is 6.04 Å². The molecule has 0 bridgehead atoms. The van der Waals surface area contributed by atoms with Crippen molar-refractivity contribution >= 4 is 17.5 Å². The van der Waals surface area contributed by atoms with Gasteiger partial charge >= 0.3 is 0 Å². The Morgan fingerprint density at radius 2 is 1.64 bits per heavy atom. The van der Waals surface area contributed by atoms with E-state index in [9.17, 15) is 9.59 Å². The lowest BCUT2D eigenvalue weighted by atomic mass is 10.0. The van der Waals surface area contributed by atoms with Crippen LogP contribution in [0, 0.1) is 5.92 Å². The monoisotopic (exact) mass is 383 g/mol. The molecule has 0 radical (unpaired) electrons. The third-order valence-corrected chi connectivity index (χ3v) is 6.94. The van der Waals surface area contributed by atoms with E-state index in [1.807, 2.05) is 22.9 Å². The van der Waals surface area contributed by atoms with E-state index in [0.29, 0.717) is 0 Å². The average molecular weight is 384 g/mol. The summed E-state index contributed by atoms with van der Waals surface area (Å²) in [4.78, 5) is 32.5. The molecular weight excluding hydrogens is 350 g/mol. The smallest absolute Gasteiger partial charge is 0.245 e. The molecule has 3 fully saturated rings. The summed E-state index contributed by atoms with van der Waals surface area (Å²) in [6.07, 6.45) is 8.20. The van der Waals surface area contributed by atoms with Gasteiger partial charge in [-0.25, -0.2) is 0 Å². The Labute approximate surface area is 168 Å². The van der Waals surface area contributed by atoms with Gasteiger partial charge in [-0.15, -0.1) is 0 Å². The molecule has 152 valence electrons. The zero-order valence-electron chi connectivity index (χ0n) is 17.1. The fraction of sp³-hybridized carbons (Fsp3) is 0.652. The van der Waals surface area contributed by atoms with Crippen molar-refractivity contribution < 1.29 is 9.59 Å². The van der Waals surface area contributed by atoms with Crippen LogP contribution in [0.5, 0.6) is 0 Å². The SMILES string of the molecule is CN(C(=O)C1CCCN1C(=O)C1CCCC1)C1CCCN(c2ccccc2)C1. The van der Waals surface area contributed by atoms with Crippen LogP contribution in [0.15, 0.2) is 30.3 Å². The lowest BCUT2D eigenvalue weighted by Crippen LogP contribution is -2.54. The number of piperidine rings is 1. The van der Waals surface area contributed by atoms with E-state index in [-0.39, 0.29) is 29.8 Å². The number of rotatable bonds is 4. The van der Waals surface area contributed by atoms with Crippen molar-refractivity contribution in [3.63, 3.8) is 0 Å². The number of hydrogen-bond donors (Lipinski definition) is 0. The lowest BCUT2D eigenvalue weighted by molar-refractivity contribution is -0.146. The molecule has 1 aromatic carbocycles. The van der Waals surface area contributed by atoms with Crippen LogP contribution in [0.2, 0.25) is 0 Å². The van der Waals surface area contributed by atoms with Crippen LogP contribution in [-0.4, -0.2) is 60.4 Å². The number of likely N-dealkylation sites (tertiary alicyclic amines) is 1. The van der Waals surface area contributed by atoms with Gasteiger partial charge in [-0.3, -0.25) is 9.59 Å². The molecule has 2 amide bonds. The van der Waals surface area contributed by atoms with Gasteiger partial charge < -0.3 is 14.7 Å². The second kappa shape index (κ2) is 8.54. The highest BCUT2D eigenvalue weighted by molar-refractivity contribution is 5.89. The van der Waals surface area contributed by atoms with E-state index >= 15 is 0 Å². The summed E-state index contributed by atoms with van der Waals surface area (Å²) < 4.78 is 0. The number of anilines is 1. The van der Waals surface area contributed by atoms with Gasteiger partial charge in [0.15, 0.2) is 0 Å². The molecule has 0 aromatic heterocycles. The number of para-hydroxylation sites is 1. The van der Waals surface area contributed by atoms with Crippen LogP contribution in [0.3, 0.4) is 0 Å². The molecule has 2 atom stereocenters. The molecule has 2 saturated heterocycles. The maximum absolute atomic E-state index is 13.3. The molecule has 2 aliphatic heterocycles. The van der Waals surface area contributed by atoms with E-state index in [4.69, 9.17) is 0 Å². The predicted molar refractivity (Wildman–Crippen MR) is 111 cm³/mol. The van der Waals surface area contributed by atoms with Gasteiger partial charge in [0, 0.05) is 44.3 Å². The van der Waals surface area contributed by atoms with Crippen LogP contribution < -0.4 is 4.90 Å². The molecule has 3 aliphatic rings. The van der Waals surface area contributed by atoms with Crippen molar-refractivity contribution in [2.45, 2.75) is 63.5 Å². The van der Waals surface area contributed by atoms with Gasteiger partial charge in [-0.2, -0.15) is 0 Å². The summed E-state index contributed by atoms with van der Waals surface area (Å²) in [5.74, 6) is 0.530. The van der Waals surface area contributed by atoms with Crippen LogP contribution in [0.4, 0.5) is 5.69 Å². The topological polar surface area (TPSA) is 43.9 Å². The minimum atomic E-state index is -0.245. The summed E-state index contributed by atoms with van der Waals surface area (Å²) in [7, 11) is 1.94. The number of amides is 2. The standard InChI is InChI=1S/C23H33N3O2/c1-24(20-13-7-15-25(17-20)19-11-3-2-4-12-19)23(28)21-14-8-16-26(21)22(27)18-9-5-6-10-18/h2-4,11-12,18,20-21H,5-10,13-17H2,1H3. The molecule has 0 N–H and O–H groups in total. The summed E-state index contributed by atoms with van der Waals surface area (Å²) in [6.45, 7) is 2.66. The van der Waals surface area contributed by atoms with Crippen LogP contribution in [0.25, 0.3) is 0 Å². The molecule has 5 heteroatoms. The Balaban J connectivity index is 1.41. The van der Waals surface area contributed by atoms with E-state index in [1.165, 1.54) is 5.69 Å². The Morgan fingerprint density at radius 1 is 0.929 bits per heavy atom. The average Bonchev–Trinajstić information content (AvgIpc) is 3.45. The van der Waals surface area contributed by atoms with Gasteiger partial charge in [0.25, 0.3) is 0 Å². The first-order valence-electron chi connectivity index (χ1n) is 11.0. The van der Waals surface area contributed by atoms with E-state index in [1.54, 1.807) is 0 Å². The number of carbonyl (C=O) groups is 2. The third-order valence-electron chi connectivity index (χ3n) is 6.94. The number of hydrogen-bond acceptors (Lipinski definition) is 3. The Kier molecular flexibility index (Phi) is 5.88.